The molecule has 76 valence electrons. The van der Waals surface area contributed by atoms with Crippen LogP contribution in [0.4, 0.5) is 5.69 Å². The number of aryl methyl sites for hydroxylation is 1. The molecule has 0 spiro atoms. The van der Waals surface area contributed by atoms with Gasteiger partial charge in [0.05, 0.1) is 15.7 Å². The van der Waals surface area contributed by atoms with Gasteiger partial charge in [0.25, 0.3) is 5.69 Å². The van der Waals surface area contributed by atoms with E-state index < -0.39 is 4.92 Å². The van der Waals surface area contributed by atoms with Crippen molar-refractivity contribution in [1.82, 2.24) is 4.98 Å². The van der Waals surface area contributed by atoms with Gasteiger partial charge in [0.1, 0.15) is 5.69 Å². The molecule has 15 heavy (non-hydrogen) atoms. The van der Waals surface area contributed by atoms with E-state index in [-0.39, 0.29) is 17.3 Å². The summed E-state index contributed by atoms with van der Waals surface area (Å²) in [5.74, 6) is -0.172. The number of rotatable bonds is 1. The van der Waals surface area contributed by atoms with Gasteiger partial charge in [-0.05, 0) is 19.1 Å². The molecular formula is C10H8N2O3. The minimum Gasteiger partial charge on any atom is -0.493 e. The Labute approximate surface area is 85.1 Å². The molecule has 1 aromatic heterocycles. The monoisotopic (exact) mass is 204 g/mol. The highest BCUT2D eigenvalue weighted by Crippen LogP contribution is 2.32. The number of nitrogens with zero attached hydrogens (tertiary/aromatic N) is 2. The van der Waals surface area contributed by atoms with Crippen molar-refractivity contribution in [2.24, 2.45) is 0 Å². The van der Waals surface area contributed by atoms with Crippen molar-refractivity contribution in [3.05, 3.63) is 40.1 Å². The number of aromatic hydroxyl groups is 1. The zero-order valence-corrected chi connectivity index (χ0v) is 7.97. The molecule has 0 aliphatic rings. The van der Waals surface area contributed by atoms with Gasteiger partial charge in [0.2, 0.25) is 5.88 Å². The lowest BCUT2D eigenvalue weighted by molar-refractivity contribution is -0.383. The molecule has 1 aromatic carbocycles. The van der Waals surface area contributed by atoms with Gasteiger partial charge in [-0.2, -0.15) is 0 Å². The molecule has 2 aromatic rings. The molecule has 5 heteroatoms. The molecule has 2 rings (SSSR count). The van der Waals surface area contributed by atoms with Gasteiger partial charge in [0.15, 0.2) is 0 Å². The van der Waals surface area contributed by atoms with E-state index in [1.54, 1.807) is 24.3 Å². The van der Waals surface area contributed by atoms with E-state index in [4.69, 9.17) is 0 Å². The van der Waals surface area contributed by atoms with E-state index in [0.717, 1.165) is 0 Å². The second-order valence-electron chi connectivity index (χ2n) is 3.17. The van der Waals surface area contributed by atoms with Crippen LogP contribution in [0.25, 0.3) is 10.8 Å². The van der Waals surface area contributed by atoms with Crippen LogP contribution in [0.3, 0.4) is 0 Å². The van der Waals surface area contributed by atoms with Crippen LogP contribution in [0.1, 0.15) is 5.69 Å². The maximum absolute atomic E-state index is 10.8. The fraction of sp³-hybridized carbons (Fsp3) is 0.100. The van der Waals surface area contributed by atoms with Gasteiger partial charge in [-0.25, -0.2) is 4.98 Å². The molecule has 0 radical (unpaired) electrons. The van der Waals surface area contributed by atoms with Crippen molar-refractivity contribution < 1.29 is 10.0 Å². The minimum atomic E-state index is -0.482. The zero-order chi connectivity index (χ0) is 11.0. The first-order valence-corrected chi connectivity index (χ1v) is 4.34. The summed E-state index contributed by atoms with van der Waals surface area (Å²) in [7, 11) is 0. The summed E-state index contributed by atoms with van der Waals surface area (Å²) in [5, 5.41) is 21.2. The molecule has 5 nitrogen and oxygen atoms in total. The third kappa shape index (κ3) is 1.38. The largest absolute Gasteiger partial charge is 0.493 e. The molecule has 0 amide bonds. The smallest absolute Gasteiger partial charge is 0.298 e. The standard InChI is InChI=1S/C10H8N2O3/c1-6-9(12(14)15)7-4-2-3-5-8(7)10(13)11-6/h2-5H,1H3,(H,11,13). The molecule has 0 bridgehead atoms. The van der Waals surface area contributed by atoms with Crippen molar-refractivity contribution in [3.63, 3.8) is 0 Å². The normalized spacial score (nSPS) is 10.5. The van der Waals surface area contributed by atoms with E-state index in [1.165, 1.54) is 6.92 Å². The van der Waals surface area contributed by atoms with Crippen molar-refractivity contribution in [3.8, 4) is 5.88 Å². The van der Waals surface area contributed by atoms with Crippen molar-refractivity contribution in [2.45, 2.75) is 6.92 Å². The third-order valence-corrected chi connectivity index (χ3v) is 2.22. The Balaban J connectivity index is 2.96. The highest BCUT2D eigenvalue weighted by atomic mass is 16.6. The zero-order valence-electron chi connectivity index (χ0n) is 7.97. The maximum atomic E-state index is 10.8. The van der Waals surface area contributed by atoms with Crippen LogP contribution in [-0.4, -0.2) is 15.0 Å². The first kappa shape index (κ1) is 9.39. The Kier molecular flexibility index (Phi) is 2.00. The number of hydrogen-bond acceptors (Lipinski definition) is 4. The number of benzene rings is 1. The van der Waals surface area contributed by atoms with E-state index in [0.29, 0.717) is 10.8 Å². The van der Waals surface area contributed by atoms with E-state index >= 15 is 0 Å². The lowest BCUT2D eigenvalue weighted by Gasteiger charge is -2.03. The highest BCUT2D eigenvalue weighted by Gasteiger charge is 2.19. The molecule has 0 aliphatic heterocycles. The number of fused-ring (bicyclic) bond motifs is 1. The summed E-state index contributed by atoms with van der Waals surface area (Å²) < 4.78 is 0. The second-order valence-corrected chi connectivity index (χ2v) is 3.17. The van der Waals surface area contributed by atoms with Gasteiger partial charge in [-0.3, -0.25) is 10.1 Å². The quantitative estimate of drug-likeness (QED) is 0.570. The maximum Gasteiger partial charge on any atom is 0.298 e. The summed E-state index contributed by atoms with van der Waals surface area (Å²) in [6.45, 7) is 1.50. The summed E-state index contributed by atoms with van der Waals surface area (Å²) >= 11 is 0. The fourth-order valence-electron chi connectivity index (χ4n) is 1.58. The van der Waals surface area contributed by atoms with Gasteiger partial charge in [-0.1, -0.05) is 12.1 Å². The predicted molar refractivity (Wildman–Crippen MR) is 54.8 cm³/mol. The molecule has 1 N–H and O–H groups in total. The number of nitro groups is 1. The topological polar surface area (TPSA) is 76.3 Å². The van der Waals surface area contributed by atoms with E-state index in [1.807, 2.05) is 0 Å². The Morgan fingerprint density at radius 3 is 2.53 bits per heavy atom. The number of pyridine rings is 1. The lowest BCUT2D eigenvalue weighted by Crippen LogP contribution is -1.96. The summed E-state index contributed by atoms with van der Waals surface area (Å²) in [6, 6.07) is 6.59. The van der Waals surface area contributed by atoms with E-state index in [9.17, 15) is 15.2 Å². The molecule has 0 saturated carbocycles. The molecule has 0 unspecified atom stereocenters. The van der Waals surface area contributed by atoms with Crippen LogP contribution in [0.15, 0.2) is 24.3 Å². The molecule has 0 saturated heterocycles. The SMILES string of the molecule is Cc1nc(O)c2ccccc2c1[N+](=O)[O-]. The minimum absolute atomic E-state index is 0.0524. The molecular weight excluding hydrogens is 196 g/mol. The van der Waals surface area contributed by atoms with Crippen LogP contribution in [0, 0.1) is 17.0 Å². The Morgan fingerprint density at radius 2 is 1.93 bits per heavy atom. The van der Waals surface area contributed by atoms with Crippen LogP contribution >= 0.6 is 0 Å². The van der Waals surface area contributed by atoms with Gasteiger partial charge in [0, 0.05) is 0 Å². The van der Waals surface area contributed by atoms with Gasteiger partial charge >= 0.3 is 0 Å². The van der Waals surface area contributed by atoms with Crippen molar-refractivity contribution in [1.29, 1.82) is 0 Å². The van der Waals surface area contributed by atoms with Gasteiger partial charge in [-0.15, -0.1) is 0 Å². The number of aromatic nitrogens is 1. The third-order valence-electron chi connectivity index (χ3n) is 2.22. The Hall–Kier alpha value is -2.17. The van der Waals surface area contributed by atoms with Crippen molar-refractivity contribution in [2.75, 3.05) is 0 Å². The lowest BCUT2D eigenvalue weighted by atomic mass is 10.1. The van der Waals surface area contributed by atoms with Crippen LogP contribution in [-0.2, 0) is 0 Å². The highest BCUT2D eigenvalue weighted by molar-refractivity contribution is 5.94. The first-order valence-electron chi connectivity index (χ1n) is 4.34. The molecule has 1 heterocycles. The van der Waals surface area contributed by atoms with Gasteiger partial charge < -0.3 is 5.11 Å². The Bertz CT molecular complexity index is 552. The van der Waals surface area contributed by atoms with Crippen molar-refractivity contribution >= 4 is 16.5 Å². The van der Waals surface area contributed by atoms with E-state index in [2.05, 4.69) is 4.98 Å². The average molecular weight is 204 g/mol. The summed E-state index contributed by atoms with van der Waals surface area (Å²) in [4.78, 5) is 14.1. The van der Waals surface area contributed by atoms with Crippen LogP contribution in [0.5, 0.6) is 5.88 Å². The predicted octanol–water partition coefficient (Wildman–Crippen LogP) is 2.16. The molecule has 0 fully saturated rings. The number of hydrogen-bond donors (Lipinski definition) is 1. The fourth-order valence-corrected chi connectivity index (χ4v) is 1.58. The second kappa shape index (κ2) is 3.20. The summed E-state index contributed by atoms with van der Waals surface area (Å²) in [5.41, 5.74) is 0.166. The molecule has 0 atom stereocenters. The van der Waals surface area contributed by atoms with Crippen LogP contribution < -0.4 is 0 Å². The first-order chi connectivity index (χ1) is 7.11. The summed E-state index contributed by atoms with van der Waals surface area (Å²) in [6.07, 6.45) is 0. The van der Waals surface area contributed by atoms with Crippen LogP contribution in [0.2, 0.25) is 0 Å². The molecule has 0 aliphatic carbocycles. The average Bonchev–Trinajstić information content (AvgIpc) is 2.17. The Morgan fingerprint density at radius 1 is 1.33 bits per heavy atom.